The number of amides is 1. The van der Waals surface area contributed by atoms with Crippen LogP contribution in [0, 0.1) is 0 Å². The second kappa shape index (κ2) is 5.41. The van der Waals surface area contributed by atoms with Crippen molar-refractivity contribution in [1.29, 1.82) is 0 Å². The Kier molecular flexibility index (Phi) is 3.83. The Morgan fingerprint density at radius 3 is 2.82 bits per heavy atom. The zero-order valence-corrected chi connectivity index (χ0v) is 14.8. The largest absolute Gasteiger partial charge is 0.444 e. The van der Waals surface area contributed by atoms with Crippen molar-refractivity contribution in [3.05, 3.63) is 22.3 Å². The molecule has 3 heterocycles. The molecule has 0 aromatic carbocycles. The first-order valence-electron chi connectivity index (χ1n) is 7.68. The molecule has 3 rings (SSSR count). The minimum Gasteiger partial charge on any atom is -0.444 e. The summed E-state index contributed by atoms with van der Waals surface area (Å²) in [4.78, 5) is 18.7. The summed E-state index contributed by atoms with van der Waals surface area (Å²) in [5, 5.41) is 0. The van der Waals surface area contributed by atoms with Gasteiger partial charge in [-0.1, -0.05) is 0 Å². The number of hydrogen-bond donors (Lipinski definition) is 1. The predicted molar refractivity (Wildman–Crippen MR) is 88.6 cm³/mol. The van der Waals surface area contributed by atoms with Crippen LogP contribution in [-0.4, -0.2) is 33.7 Å². The quantitative estimate of drug-likeness (QED) is 0.821. The number of pyridine rings is 1. The lowest BCUT2D eigenvalue weighted by molar-refractivity contribution is 0.0213. The van der Waals surface area contributed by atoms with Gasteiger partial charge in [0.15, 0.2) is 0 Å². The number of nitrogen functional groups attached to an aromatic ring is 1. The normalized spacial score (nSPS) is 27.3. The topological polar surface area (TPSA) is 68.5 Å². The standard InChI is InChI=1S/C16H22BrN3O2/c1-16(2,3)22-15(21)20-10-4-5-13(20)11(7-10)9-6-12(17)14(18)19-8-9/h6,8,10-11,13H,4-5,7H2,1-3H3,(H2,18,19). The van der Waals surface area contributed by atoms with Crippen molar-refractivity contribution in [1.82, 2.24) is 9.88 Å². The summed E-state index contributed by atoms with van der Waals surface area (Å²) >= 11 is 3.44. The van der Waals surface area contributed by atoms with Gasteiger partial charge >= 0.3 is 6.09 Å². The molecule has 2 bridgehead atoms. The molecule has 22 heavy (non-hydrogen) atoms. The molecule has 3 atom stereocenters. The molecular formula is C16H22BrN3O2. The molecule has 2 saturated heterocycles. The van der Waals surface area contributed by atoms with E-state index in [1.54, 1.807) is 0 Å². The maximum absolute atomic E-state index is 12.5. The van der Waals surface area contributed by atoms with Gasteiger partial charge in [0.05, 0.1) is 4.47 Å². The van der Waals surface area contributed by atoms with E-state index in [0.717, 1.165) is 29.3 Å². The van der Waals surface area contributed by atoms with Crippen LogP contribution in [0.5, 0.6) is 0 Å². The molecule has 0 saturated carbocycles. The third-order valence-corrected chi connectivity index (χ3v) is 5.10. The summed E-state index contributed by atoms with van der Waals surface area (Å²) in [6.45, 7) is 5.71. The highest BCUT2D eigenvalue weighted by atomic mass is 79.9. The van der Waals surface area contributed by atoms with Crippen LogP contribution in [0.2, 0.25) is 0 Å². The average molecular weight is 368 g/mol. The molecule has 2 fully saturated rings. The number of fused-ring (bicyclic) bond motifs is 2. The number of nitrogens with two attached hydrogens (primary N) is 1. The highest BCUT2D eigenvalue weighted by molar-refractivity contribution is 9.10. The van der Waals surface area contributed by atoms with E-state index in [1.807, 2.05) is 37.9 Å². The highest BCUT2D eigenvalue weighted by Crippen LogP contribution is 2.47. The first-order chi connectivity index (χ1) is 10.3. The van der Waals surface area contributed by atoms with Crippen molar-refractivity contribution < 1.29 is 9.53 Å². The molecule has 1 amide bonds. The van der Waals surface area contributed by atoms with Crippen LogP contribution < -0.4 is 5.73 Å². The zero-order valence-electron chi connectivity index (χ0n) is 13.2. The van der Waals surface area contributed by atoms with Crippen molar-refractivity contribution in [2.45, 2.75) is 63.6 Å². The Bertz CT molecular complexity index is 600. The van der Waals surface area contributed by atoms with Gasteiger partial charge < -0.3 is 15.4 Å². The van der Waals surface area contributed by atoms with Crippen LogP contribution in [-0.2, 0) is 4.74 Å². The van der Waals surface area contributed by atoms with Gasteiger partial charge in [0.2, 0.25) is 0 Å². The van der Waals surface area contributed by atoms with Crippen molar-refractivity contribution in [2.75, 3.05) is 5.73 Å². The summed E-state index contributed by atoms with van der Waals surface area (Å²) in [6.07, 6.45) is 4.70. The molecule has 120 valence electrons. The average Bonchev–Trinajstić information content (AvgIpc) is 2.97. The van der Waals surface area contributed by atoms with Gasteiger partial charge in [-0.25, -0.2) is 9.78 Å². The molecule has 2 aliphatic heterocycles. The van der Waals surface area contributed by atoms with Crippen LogP contribution in [0.1, 0.15) is 51.5 Å². The zero-order chi connectivity index (χ0) is 16.1. The number of carbonyl (C=O) groups excluding carboxylic acids is 1. The molecule has 2 N–H and O–H groups in total. The molecule has 1 aromatic heterocycles. The number of anilines is 1. The van der Waals surface area contributed by atoms with Crippen molar-refractivity contribution >= 4 is 27.8 Å². The lowest BCUT2D eigenvalue weighted by Gasteiger charge is -2.28. The van der Waals surface area contributed by atoms with E-state index < -0.39 is 5.60 Å². The number of halogens is 1. The fraction of sp³-hybridized carbons (Fsp3) is 0.625. The van der Waals surface area contributed by atoms with E-state index in [2.05, 4.69) is 20.9 Å². The smallest absolute Gasteiger partial charge is 0.410 e. The van der Waals surface area contributed by atoms with Crippen molar-refractivity contribution in [3.8, 4) is 0 Å². The van der Waals surface area contributed by atoms with Crippen LogP contribution >= 0.6 is 15.9 Å². The van der Waals surface area contributed by atoms with E-state index in [0.29, 0.717) is 11.7 Å². The molecule has 1 aromatic rings. The Balaban J connectivity index is 1.81. The highest BCUT2D eigenvalue weighted by Gasteiger charge is 2.50. The molecule has 0 radical (unpaired) electrons. The number of nitrogens with zero attached hydrogens (tertiary/aromatic N) is 2. The van der Waals surface area contributed by atoms with E-state index in [1.165, 1.54) is 0 Å². The molecule has 5 nitrogen and oxygen atoms in total. The third kappa shape index (κ3) is 2.81. The lowest BCUT2D eigenvalue weighted by Crippen LogP contribution is -2.40. The van der Waals surface area contributed by atoms with Crippen LogP contribution in [0.25, 0.3) is 0 Å². The molecule has 2 aliphatic rings. The predicted octanol–water partition coefficient (Wildman–Crippen LogP) is 3.68. The van der Waals surface area contributed by atoms with Crippen LogP contribution in [0.15, 0.2) is 16.7 Å². The second-order valence-electron chi connectivity index (χ2n) is 7.16. The first-order valence-corrected chi connectivity index (χ1v) is 8.48. The number of aromatic nitrogens is 1. The Morgan fingerprint density at radius 1 is 1.45 bits per heavy atom. The maximum atomic E-state index is 12.5. The summed E-state index contributed by atoms with van der Waals surface area (Å²) in [6, 6.07) is 2.51. The number of hydrogen-bond acceptors (Lipinski definition) is 4. The number of ether oxygens (including phenoxy) is 1. The lowest BCUT2D eigenvalue weighted by atomic mass is 9.85. The van der Waals surface area contributed by atoms with Gasteiger partial charge in [-0.15, -0.1) is 0 Å². The number of carbonyl (C=O) groups is 1. The maximum Gasteiger partial charge on any atom is 0.410 e. The summed E-state index contributed by atoms with van der Waals surface area (Å²) in [5.74, 6) is 0.812. The SMILES string of the molecule is CC(C)(C)OC(=O)N1C2CCC1C(c1cnc(N)c(Br)c1)C2. The summed E-state index contributed by atoms with van der Waals surface area (Å²) in [7, 11) is 0. The Labute approximate surface area is 139 Å². The van der Waals surface area contributed by atoms with Gasteiger partial charge in [0, 0.05) is 24.2 Å². The molecular weight excluding hydrogens is 346 g/mol. The monoisotopic (exact) mass is 367 g/mol. The van der Waals surface area contributed by atoms with Gasteiger partial charge in [-0.2, -0.15) is 0 Å². The minimum absolute atomic E-state index is 0.190. The van der Waals surface area contributed by atoms with Gasteiger partial charge in [0.1, 0.15) is 11.4 Å². The van der Waals surface area contributed by atoms with Gasteiger partial charge in [-0.3, -0.25) is 0 Å². The fourth-order valence-electron chi connectivity index (χ4n) is 3.61. The molecule has 6 heteroatoms. The van der Waals surface area contributed by atoms with Crippen molar-refractivity contribution in [3.63, 3.8) is 0 Å². The Morgan fingerprint density at radius 2 is 2.18 bits per heavy atom. The van der Waals surface area contributed by atoms with E-state index in [9.17, 15) is 4.79 Å². The van der Waals surface area contributed by atoms with E-state index in [4.69, 9.17) is 10.5 Å². The van der Waals surface area contributed by atoms with Crippen molar-refractivity contribution in [2.24, 2.45) is 0 Å². The molecule has 0 spiro atoms. The number of rotatable bonds is 1. The second-order valence-corrected chi connectivity index (χ2v) is 8.02. The van der Waals surface area contributed by atoms with Gasteiger partial charge in [-0.05, 0) is 67.6 Å². The van der Waals surface area contributed by atoms with Crippen LogP contribution in [0.3, 0.4) is 0 Å². The van der Waals surface area contributed by atoms with E-state index >= 15 is 0 Å². The third-order valence-electron chi connectivity index (χ3n) is 4.46. The van der Waals surface area contributed by atoms with Gasteiger partial charge in [0.25, 0.3) is 0 Å². The fourth-order valence-corrected chi connectivity index (χ4v) is 3.98. The van der Waals surface area contributed by atoms with E-state index in [-0.39, 0.29) is 18.2 Å². The van der Waals surface area contributed by atoms with Crippen LogP contribution in [0.4, 0.5) is 10.6 Å². The molecule has 0 aliphatic carbocycles. The first kappa shape index (κ1) is 15.6. The summed E-state index contributed by atoms with van der Waals surface area (Å²) < 4.78 is 6.39. The Hall–Kier alpha value is -1.30. The molecule has 3 unspecified atom stereocenters. The minimum atomic E-state index is -0.458. The summed E-state index contributed by atoms with van der Waals surface area (Å²) in [5.41, 5.74) is 6.45.